The summed E-state index contributed by atoms with van der Waals surface area (Å²) in [5.74, 6) is 2.82. The van der Waals surface area contributed by atoms with Crippen LogP contribution in [0, 0.1) is 0 Å². The molecule has 1 aromatic heterocycles. The van der Waals surface area contributed by atoms with Gasteiger partial charge >= 0.3 is 0 Å². The summed E-state index contributed by atoms with van der Waals surface area (Å²) in [6.45, 7) is 0. The van der Waals surface area contributed by atoms with Crippen LogP contribution in [-0.2, 0) is 6.42 Å². The van der Waals surface area contributed by atoms with Gasteiger partial charge in [0.25, 0.3) is 0 Å². The van der Waals surface area contributed by atoms with E-state index in [1.54, 1.807) is 0 Å². The summed E-state index contributed by atoms with van der Waals surface area (Å²) >= 11 is 0. The van der Waals surface area contributed by atoms with Crippen LogP contribution in [0.4, 0.5) is 0 Å². The van der Waals surface area contributed by atoms with Crippen molar-refractivity contribution in [2.75, 3.05) is 0 Å². The van der Waals surface area contributed by atoms with Crippen LogP contribution in [0.3, 0.4) is 0 Å². The maximum Gasteiger partial charge on any atom is 0.135 e. The first-order valence-electron chi connectivity index (χ1n) is 15.3. The molecule has 0 saturated carbocycles. The van der Waals surface area contributed by atoms with Crippen molar-refractivity contribution in [2.45, 2.75) is 12.8 Å². The predicted molar refractivity (Wildman–Crippen MR) is 182 cm³/mol. The first-order valence-corrected chi connectivity index (χ1v) is 15.3. The number of hydrogen-bond acceptors (Lipinski definition) is 2. The highest BCUT2D eigenvalue weighted by Crippen LogP contribution is 2.50. The van der Waals surface area contributed by atoms with Gasteiger partial charge in [0.2, 0.25) is 0 Å². The molecular weight excluding hydrogens is 536 g/mol. The van der Waals surface area contributed by atoms with Crippen molar-refractivity contribution in [1.82, 2.24) is 0 Å². The summed E-state index contributed by atoms with van der Waals surface area (Å²) < 4.78 is 12.8. The fourth-order valence-corrected chi connectivity index (χ4v) is 7.60. The van der Waals surface area contributed by atoms with E-state index in [9.17, 15) is 0 Å². The Morgan fingerprint density at radius 1 is 0.523 bits per heavy atom. The normalized spacial score (nSPS) is 13.4. The van der Waals surface area contributed by atoms with Crippen LogP contribution < -0.4 is 4.74 Å². The lowest BCUT2D eigenvalue weighted by atomic mass is 9.85. The Morgan fingerprint density at radius 3 is 1.95 bits per heavy atom. The Hall–Kier alpha value is -5.60. The van der Waals surface area contributed by atoms with Crippen molar-refractivity contribution in [3.05, 3.63) is 139 Å². The van der Waals surface area contributed by atoms with E-state index in [1.165, 1.54) is 65.5 Å². The van der Waals surface area contributed by atoms with Crippen molar-refractivity contribution < 1.29 is 9.15 Å². The molecule has 44 heavy (non-hydrogen) atoms. The molecule has 1 aliphatic carbocycles. The van der Waals surface area contributed by atoms with Gasteiger partial charge in [-0.3, -0.25) is 0 Å². The molecule has 0 bridgehead atoms. The van der Waals surface area contributed by atoms with Crippen LogP contribution in [0.15, 0.2) is 132 Å². The number of rotatable bonds is 2. The van der Waals surface area contributed by atoms with Crippen LogP contribution in [0.2, 0.25) is 0 Å². The Balaban J connectivity index is 1.23. The Bertz CT molecular complexity index is 2470. The molecule has 8 aromatic rings. The third-order valence-electron chi connectivity index (χ3n) is 9.52. The number of fused-ring (bicyclic) bond motifs is 7. The highest BCUT2D eigenvalue weighted by molar-refractivity contribution is 6.22. The summed E-state index contributed by atoms with van der Waals surface area (Å²) in [5.41, 5.74) is 9.50. The molecular formula is C42H26O2. The summed E-state index contributed by atoms with van der Waals surface area (Å²) in [5, 5.41) is 8.56. The van der Waals surface area contributed by atoms with E-state index in [1.807, 2.05) is 0 Å². The topological polar surface area (TPSA) is 22.4 Å². The minimum atomic E-state index is 0.898. The van der Waals surface area contributed by atoms with Gasteiger partial charge in [0.1, 0.15) is 22.8 Å². The third kappa shape index (κ3) is 3.31. The minimum absolute atomic E-state index is 0.898. The molecule has 0 unspecified atom stereocenters. The minimum Gasteiger partial charge on any atom is -0.456 e. The predicted octanol–water partition coefficient (Wildman–Crippen LogP) is 12.0. The monoisotopic (exact) mass is 562 g/mol. The first-order chi connectivity index (χ1) is 21.8. The van der Waals surface area contributed by atoms with Crippen molar-refractivity contribution in [3.8, 4) is 44.9 Å². The van der Waals surface area contributed by atoms with Crippen molar-refractivity contribution >= 4 is 49.4 Å². The highest BCUT2D eigenvalue weighted by atomic mass is 16.5. The quantitative estimate of drug-likeness (QED) is 0.196. The van der Waals surface area contributed by atoms with Crippen LogP contribution in [0.5, 0.6) is 11.5 Å². The van der Waals surface area contributed by atoms with E-state index in [-0.39, 0.29) is 0 Å². The van der Waals surface area contributed by atoms with Crippen molar-refractivity contribution in [1.29, 1.82) is 0 Å². The van der Waals surface area contributed by atoms with E-state index in [0.29, 0.717) is 0 Å². The van der Waals surface area contributed by atoms with Gasteiger partial charge < -0.3 is 9.15 Å². The first kappa shape index (κ1) is 23.9. The van der Waals surface area contributed by atoms with E-state index in [2.05, 4.69) is 133 Å². The number of benzene rings is 7. The Morgan fingerprint density at radius 2 is 1.20 bits per heavy atom. The smallest absolute Gasteiger partial charge is 0.135 e. The van der Waals surface area contributed by atoms with Crippen LogP contribution in [0.1, 0.15) is 17.7 Å². The molecule has 2 heterocycles. The summed E-state index contributed by atoms with van der Waals surface area (Å²) in [6.07, 6.45) is 6.40. The summed E-state index contributed by atoms with van der Waals surface area (Å²) in [4.78, 5) is 0. The van der Waals surface area contributed by atoms with Gasteiger partial charge in [-0.25, -0.2) is 0 Å². The summed E-state index contributed by atoms with van der Waals surface area (Å²) in [6, 6.07) is 43.9. The second-order valence-electron chi connectivity index (χ2n) is 11.9. The third-order valence-corrected chi connectivity index (χ3v) is 9.52. The lowest BCUT2D eigenvalue weighted by Crippen LogP contribution is -1.98. The van der Waals surface area contributed by atoms with E-state index >= 15 is 0 Å². The zero-order chi connectivity index (χ0) is 28.8. The highest BCUT2D eigenvalue weighted by Gasteiger charge is 2.23. The van der Waals surface area contributed by atoms with Gasteiger partial charge in [-0.15, -0.1) is 0 Å². The largest absolute Gasteiger partial charge is 0.456 e. The van der Waals surface area contributed by atoms with Crippen LogP contribution >= 0.6 is 0 Å². The lowest BCUT2D eigenvalue weighted by Gasteiger charge is -2.23. The molecule has 0 amide bonds. The Kier molecular flexibility index (Phi) is 4.86. The van der Waals surface area contributed by atoms with Gasteiger partial charge in [-0.1, -0.05) is 97.1 Å². The molecule has 0 spiro atoms. The zero-order valence-corrected chi connectivity index (χ0v) is 23.9. The van der Waals surface area contributed by atoms with Crippen molar-refractivity contribution in [3.63, 3.8) is 0 Å². The molecule has 1 aliphatic heterocycles. The standard InChI is InChI=1S/C42H26O2/c1-3-14-33-31(12-1)40(26-20-22-37-35(23-26)28-11-5-6-17-36(28)43-37)32-13-2-4-15-34(32)41(33)27-19-21-29-30-16-7-9-25-10-8-18-38(42(25)30)44-39(29)24-27/h1-4,6-10,12-24H,5,11H2. The fourth-order valence-electron chi connectivity index (χ4n) is 7.60. The SMILES string of the molecule is C1=Cc2oc3ccc(-c4c5ccccc5c(-c5ccc6c(c5)Oc5cccc7cccc-6c57)c5ccccc45)cc3c2CC1. The number of furan rings is 1. The number of aryl methyl sites for hydroxylation is 1. The second-order valence-corrected chi connectivity index (χ2v) is 11.9. The van der Waals surface area contributed by atoms with Gasteiger partial charge in [-0.05, 0) is 104 Å². The molecule has 10 rings (SSSR count). The van der Waals surface area contributed by atoms with Crippen LogP contribution in [0.25, 0.3) is 82.7 Å². The van der Waals surface area contributed by atoms with Crippen molar-refractivity contribution in [2.24, 2.45) is 0 Å². The van der Waals surface area contributed by atoms with E-state index in [4.69, 9.17) is 9.15 Å². The van der Waals surface area contributed by atoms with E-state index in [0.717, 1.165) is 46.8 Å². The molecule has 2 heteroatoms. The number of hydrogen-bond donors (Lipinski definition) is 0. The molecule has 0 N–H and O–H groups in total. The van der Waals surface area contributed by atoms with Crippen LogP contribution in [-0.4, -0.2) is 0 Å². The molecule has 0 atom stereocenters. The molecule has 2 nitrogen and oxygen atoms in total. The lowest BCUT2D eigenvalue weighted by molar-refractivity contribution is 0.487. The van der Waals surface area contributed by atoms with E-state index < -0.39 is 0 Å². The average molecular weight is 563 g/mol. The summed E-state index contributed by atoms with van der Waals surface area (Å²) in [7, 11) is 0. The Labute approximate surface area is 254 Å². The maximum absolute atomic E-state index is 6.59. The zero-order valence-electron chi connectivity index (χ0n) is 23.9. The maximum atomic E-state index is 6.59. The fraction of sp³-hybridized carbons (Fsp3) is 0.0476. The molecule has 0 radical (unpaired) electrons. The average Bonchev–Trinajstić information content (AvgIpc) is 3.45. The molecule has 0 fully saturated rings. The number of ether oxygens (including phenoxy) is 1. The molecule has 206 valence electrons. The number of allylic oxidation sites excluding steroid dienone is 1. The van der Waals surface area contributed by atoms with Gasteiger partial charge in [0.15, 0.2) is 0 Å². The molecule has 0 saturated heterocycles. The van der Waals surface area contributed by atoms with Gasteiger partial charge in [-0.2, -0.15) is 0 Å². The second kappa shape index (κ2) is 8.95. The molecule has 7 aromatic carbocycles. The van der Waals surface area contributed by atoms with Gasteiger partial charge in [0, 0.05) is 21.9 Å². The van der Waals surface area contributed by atoms with Gasteiger partial charge in [0.05, 0.1) is 0 Å². The molecule has 2 aliphatic rings.